The first-order chi connectivity index (χ1) is 7.63. The Morgan fingerprint density at radius 2 is 1.88 bits per heavy atom. The fourth-order valence-corrected chi connectivity index (χ4v) is 4.68. The van der Waals surface area contributed by atoms with Crippen LogP contribution < -0.4 is 5.73 Å². The van der Waals surface area contributed by atoms with Gasteiger partial charge in [0, 0.05) is 36.2 Å². The van der Waals surface area contributed by atoms with E-state index in [1.54, 1.807) is 0 Å². The number of hydrogen-bond acceptors (Lipinski definition) is 3. The number of nitrogens with zero attached hydrogens (tertiary/aromatic N) is 1. The summed E-state index contributed by atoms with van der Waals surface area (Å²) in [6.07, 6.45) is 5.26. The van der Waals surface area contributed by atoms with Gasteiger partial charge in [0.2, 0.25) is 0 Å². The smallest absolute Gasteiger partial charge is 0.0149 e. The molecule has 0 amide bonds. The van der Waals surface area contributed by atoms with Crippen LogP contribution in [0.15, 0.2) is 0 Å². The van der Waals surface area contributed by atoms with Gasteiger partial charge in [-0.1, -0.05) is 20.3 Å². The number of hydrogen-bond donors (Lipinski definition) is 1. The number of nitrogens with two attached hydrogens (primary N) is 1. The predicted octanol–water partition coefficient (Wildman–Crippen LogP) is 2.33. The van der Waals surface area contributed by atoms with E-state index >= 15 is 0 Å². The molecule has 2 nitrogen and oxygen atoms in total. The predicted molar refractivity (Wildman–Crippen MR) is 72.9 cm³/mol. The van der Waals surface area contributed by atoms with Crippen molar-refractivity contribution in [2.75, 3.05) is 19.6 Å². The minimum Gasteiger partial charge on any atom is -0.328 e. The largest absolute Gasteiger partial charge is 0.328 e. The van der Waals surface area contributed by atoms with Crippen molar-refractivity contribution >= 4 is 11.8 Å². The second-order valence-electron chi connectivity index (χ2n) is 5.77. The maximum Gasteiger partial charge on any atom is 0.0149 e. The van der Waals surface area contributed by atoms with Gasteiger partial charge in [0.1, 0.15) is 0 Å². The van der Waals surface area contributed by atoms with Crippen LogP contribution in [-0.4, -0.2) is 41.1 Å². The van der Waals surface area contributed by atoms with Gasteiger partial charge in [-0.05, 0) is 25.2 Å². The third-order valence-electron chi connectivity index (χ3n) is 3.84. The van der Waals surface area contributed by atoms with E-state index in [4.69, 9.17) is 5.73 Å². The molecule has 0 aromatic carbocycles. The van der Waals surface area contributed by atoms with Gasteiger partial charge in [0.15, 0.2) is 0 Å². The van der Waals surface area contributed by atoms with Crippen molar-refractivity contribution in [1.82, 2.24) is 4.90 Å². The highest BCUT2D eigenvalue weighted by Crippen LogP contribution is 2.28. The summed E-state index contributed by atoms with van der Waals surface area (Å²) in [6, 6.07) is 0.479. The van der Waals surface area contributed by atoms with Crippen molar-refractivity contribution in [3.05, 3.63) is 0 Å². The fourth-order valence-electron chi connectivity index (χ4n) is 3.30. The molecule has 0 aromatic heterocycles. The monoisotopic (exact) mass is 242 g/mol. The van der Waals surface area contributed by atoms with E-state index in [1.165, 1.54) is 45.3 Å². The third kappa shape index (κ3) is 3.64. The molecule has 4 unspecified atom stereocenters. The van der Waals surface area contributed by atoms with E-state index < -0.39 is 0 Å². The van der Waals surface area contributed by atoms with Gasteiger partial charge < -0.3 is 10.6 Å². The molecule has 16 heavy (non-hydrogen) atoms. The molecule has 1 saturated heterocycles. The lowest BCUT2D eigenvalue weighted by Gasteiger charge is -2.38. The number of rotatable bonds is 2. The first kappa shape index (κ1) is 12.7. The normalized spacial score (nSPS) is 42.2. The van der Waals surface area contributed by atoms with Crippen LogP contribution in [0.2, 0.25) is 0 Å². The third-order valence-corrected chi connectivity index (χ3v) is 5.06. The van der Waals surface area contributed by atoms with Gasteiger partial charge in [-0.3, -0.25) is 0 Å². The molecule has 3 heteroatoms. The zero-order valence-electron chi connectivity index (χ0n) is 10.7. The Morgan fingerprint density at radius 3 is 2.50 bits per heavy atom. The Balaban J connectivity index is 1.79. The van der Waals surface area contributed by atoms with Crippen molar-refractivity contribution in [1.29, 1.82) is 0 Å². The summed E-state index contributed by atoms with van der Waals surface area (Å²) in [6.45, 7) is 8.57. The van der Waals surface area contributed by atoms with Gasteiger partial charge in [0.25, 0.3) is 0 Å². The van der Waals surface area contributed by atoms with E-state index in [9.17, 15) is 0 Å². The molecule has 2 aliphatic rings. The Labute approximate surface area is 104 Å². The summed E-state index contributed by atoms with van der Waals surface area (Å²) >= 11 is 2.14. The van der Waals surface area contributed by atoms with Crippen molar-refractivity contribution in [2.45, 2.75) is 56.1 Å². The average molecular weight is 242 g/mol. The highest BCUT2D eigenvalue weighted by atomic mass is 32.2. The Bertz CT molecular complexity index is 212. The molecule has 2 N–H and O–H groups in total. The maximum atomic E-state index is 6.06. The minimum atomic E-state index is 0.479. The zero-order chi connectivity index (χ0) is 11.5. The highest BCUT2D eigenvalue weighted by molar-refractivity contribution is 8.00. The number of thioether (sulfide) groups is 1. The molecule has 0 bridgehead atoms. The molecule has 94 valence electrons. The van der Waals surface area contributed by atoms with Crippen LogP contribution in [-0.2, 0) is 0 Å². The Morgan fingerprint density at radius 1 is 1.19 bits per heavy atom. The molecule has 1 aliphatic carbocycles. The molecule has 2 fully saturated rings. The molecule has 1 heterocycles. The van der Waals surface area contributed by atoms with Gasteiger partial charge in [0.05, 0.1) is 0 Å². The first-order valence-corrected chi connectivity index (χ1v) is 7.71. The van der Waals surface area contributed by atoms with E-state index in [1.807, 2.05) is 0 Å². The lowest BCUT2D eigenvalue weighted by atomic mass is 9.86. The topological polar surface area (TPSA) is 29.3 Å². The quantitative estimate of drug-likeness (QED) is 0.806. The molecule has 2 rings (SSSR count). The molecule has 0 radical (unpaired) electrons. The lowest BCUT2D eigenvalue weighted by molar-refractivity contribution is 0.191. The molecular weight excluding hydrogens is 216 g/mol. The molecule has 1 saturated carbocycles. The summed E-state index contributed by atoms with van der Waals surface area (Å²) in [7, 11) is 0. The van der Waals surface area contributed by atoms with Crippen molar-refractivity contribution in [3.8, 4) is 0 Å². The molecule has 4 atom stereocenters. The van der Waals surface area contributed by atoms with E-state index in [0.717, 1.165) is 16.4 Å². The van der Waals surface area contributed by atoms with Gasteiger partial charge in [-0.25, -0.2) is 0 Å². The highest BCUT2D eigenvalue weighted by Gasteiger charge is 2.26. The summed E-state index contributed by atoms with van der Waals surface area (Å²) in [5, 5.41) is 1.61. The van der Waals surface area contributed by atoms with Crippen LogP contribution in [0, 0.1) is 5.92 Å². The molecule has 0 aromatic rings. The van der Waals surface area contributed by atoms with Gasteiger partial charge in [-0.2, -0.15) is 11.8 Å². The fraction of sp³-hybridized carbons (Fsp3) is 1.00. The van der Waals surface area contributed by atoms with Crippen LogP contribution in [0.3, 0.4) is 0 Å². The first-order valence-electron chi connectivity index (χ1n) is 6.77. The SMILES string of the molecule is CC1CN(CC2CCCC(N)C2)CC(C)S1. The zero-order valence-corrected chi connectivity index (χ0v) is 11.5. The van der Waals surface area contributed by atoms with Crippen LogP contribution >= 0.6 is 11.8 Å². The van der Waals surface area contributed by atoms with E-state index in [-0.39, 0.29) is 0 Å². The van der Waals surface area contributed by atoms with Crippen LogP contribution in [0.5, 0.6) is 0 Å². The van der Waals surface area contributed by atoms with Crippen molar-refractivity contribution in [2.24, 2.45) is 11.7 Å². The molecule has 0 spiro atoms. The Kier molecular flexibility index (Phi) is 4.57. The van der Waals surface area contributed by atoms with Crippen molar-refractivity contribution in [3.63, 3.8) is 0 Å². The summed E-state index contributed by atoms with van der Waals surface area (Å²) in [5.74, 6) is 0.867. The van der Waals surface area contributed by atoms with Crippen LogP contribution in [0.25, 0.3) is 0 Å². The maximum absolute atomic E-state index is 6.06. The van der Waals surface area contributed by atoms with E-state index in [0.29, 0.717) is 6.04 Å². The van der Waals surface area contributed by atoms with Crippen LogP contribution in [0.1, 0.15) is 39.5 Å². The summed E-state index contributed by atoms with van der Waals surface area (Å²) in [5.41, 5.74) is 6.06. The van der Waals surface area contributed by atoms with E-state index in [2.05, 4.69) is 30.5 Å². The Hall–Kier alpha value is 0.270. The van der Waals surface area contributed by atoms with Crippen molar-refractivity contribution < 1.29 is 0 Å². The van der Waals surface area contributed by atoms with Crippen LogP contribution in [0.4, 0.5) is 0 Å². The summed E-state index contributed by atoms with van der Waals surface area (Å²) < 4.78 is 0. The second-order valence-corrected chi connectivity index (χ2v) is 7.65. The molecular formula is C13H26N2S. The average Bonchev–Trinajstić information content (AvgIpc) is 2.15. The lowest BCUT2D eigenvalue weighted by Crippen LogP contribution is -2.44. The van der Waals surface area contributed by atoms with Gasteiger partial charge in [-0.15, -0.1) is 0 Å². The van der Waals surface area contributed by atoms with Gasteiger partial charge >= 0.3 is 0 Å². The minimum absolute atomic E-state index is 0.479. The standard InChI is InChI=1S/C13H26N2S/c1-10-7-15(8-11(2)16-10)9-12-4-3-5-13(14)6-12/h10-13H,3-9,14H2,1-2H3. The second kappa shape index (κ2) is 5.74. The summed E-state index contributed by atoms with van der Waals surface area (Å²) in [4.78, 5) is 2.68. The molecule has 1 aliphatic heterocycles.